The summed E-state index contributed by atoms with van der Waals surface area (Å²) in [6, 6.07) is 51.3. The molecule has 0 aliphatic heterocycles. The fourth-order valence-corrected chi connectivity index (χ4v) is 8.74. The number of hydrogen-bond acceptors (Lipinski definition) is 0. The van der Waals surface area contributed by atoms with Crippen LogP contribution in [0, 0.1) is 0 Å². The van der Waals surface area contributed by atoms with Crippen LogP contribution in [-0.4, -0.2) is 0 Å². The summed E-state index contributed by atoms with van der Waals surface area (Å²) in [7, 11) is 0. The molecule has 10 aromatic carbocycles. The van der Waals surface area contributed by atoms with Crippen LogP contribution in [0.1, 0.15) is 52.7 Å². The van der Waals surface area contributed by atoms with Crippen molar-refractivity contribution in [3.8, 4) is 22.3 Å². The summed E-state index contributed by atoms with van der Waals surface area (Å²) in [5.41, 5.74) is 8.11. The van der Waals surface area contributed by atoms with Crippen molar-refractivity contribution in [3.05, 3.63) is 145 Å². The van der Waals surface area contributed by atoms with Gasteiger partial charge in [0, 0.05) is 0 Å². The molecule has 240 valence electrons. The Morgan fingerprint density at radius 1 is 0.280 bits per heavy atom. The summed E-state index contributed by atoms with van der Waals surface area (Å²) in [5, 5.41) is 18.6. The highest BCUT2D eigenvalue weighted by atomic mass is 14.2. The highest BCUT2D eigenvalue weighted by molar-refractivity contribution is 6.28. The first-order valence-corrected chi connectivity index (χ1v) is 18.0. The average molecular weight is 641 g/mol. The monoisotopic (exact) mass is 640 g/mol. The first-order valence-electron chi connectivity index (χ1n) is 18.0. The van der Waals surface area contributed by atoms with Crippen LogP contribution >= 0.6 is 0 Å². The van der Waals surface area contributed by atoms with Gasteiger partial charge in [-0.1, -0.05) is 175 Å². The molecule has 0 nitrogen and oxygen atoms in total. The fraction of sp³-hybridized carbons (Fsp3) is 0.160. The molecule has 10 rings (SSSR count). The van der Waals surface area contributed by atoms with Gasteiger partial charge < -0.3 is 0 Å². The molecule has 0 spiro atoms. The minimum Gasteiger partial charge on any atom is -0.0616 e. The van der Waals surface area contributed by atoms with Gasteiger partial charge in [0.15, 0.2) is 0 Å². The molecule has 0 fully saturated rings. The van der Waals surface area contributed by atoms with Gasteiger partial charge in [-0.3, -0.25) is 0 Å². The molecule has 0 N–H and O–H groups in total. The molecule has 0 heterocycles. The lowest BCUT2D eigenvalue weighted by molar-refractivity contribution is 0.591. The largest absolute Gasteiger partial charge is 0.0616 e. The van der Waals surface area contributed by atoms with Crippen molar-refractivity contribution < 1.29 is 0 Å². The van der Waals surface area contributed by atoms with Gasteiger partial charge >= 0.3 is 0 Å². The lowest BCUT2D eigenvalue weighted by Gasteiger charge is -2.22. The molecule has 0 atom stereocenters. The van der Waals surface area contributed by atoms with E-state index in [0.29, 0.717) is 0 Å². The maximum atomic E-state index is 2.40. The second kappa shape index (κ2) is 10.1. The van der Waals surface area contributed by atoms with Crippen molar-refractivity contribution in [1.29, 1.82) is 0 Å². The van der Waals surface area contributed by atoms with E-state index in [9.17, 15) is 0 Å². The lowest BCUT2D eigenvalue weighted by atomic mass is 9.82. The second-order valence-electron chi connectivity index (χ2n) is 16.6. The Bertz CT molecular complexity index is 2730. The Balaban J connectivity index is 1.20. The number of fused-ring (bicyclic) bond motifs is 1. The molecule has 0 unspecified atom stereocenters. The van der Waals surface area contributed by atoms with E-state index in [0.717, 1.165) is 0 Å². The Morgan fingerprint density at radius 2 is 0.580 bits per heavy atom. The lowest BCUT2D eigenvalue weighted by Crippen LogP contribution is -2.10. The van der Waals surface area contributed by atoms with Crippen LogP contribution in [0.15, 0.2) is 133 Å². The van der Waals surface area contributed by atoms with E-state index in [1.807, 2.05) is 0 Å². The molecule has 0 aromatic heterocycles. The molecule has 0 aliphatic rings. The van der Waals surface area contributed by atoms with Crippen LogP contribution in [0.5, 0.6) is 0 Å². The van der Waals surface area contributed by atoms with Crippen LogP contribution in [0.3, 0.4) is 0 Å². The van der Waals surface area contributed by atoms with Crippen molar-refractivity contribution in [2.75, 3.05) is 0 Å². The normalized spacial score (nSPS) is 13.0. The van der Waals surface area contributed by atoms with Gasteiger partial charge in [0.1, 0.15) is 0 Å². The van der Waals surface area contributed by atoms with Crippen LogP contribution in [0.4, 0.5) is 0 Å². The zero-order valence-corrected chi connectivity index (χ0v) is 29.7. The van der Waals surface area contributed by atoms with E-state index >= 15 is 0 Å². The Kier molecular flexibility index (Phi) is 5.92. The first-order chi connectivity index (χ1) is 24.0. The highest BCUT2D eigenvalue weighted by Crippen LogP contribution is 2.46. The first kappa shape index (κ1) is 29.5. The van der Waals surface area contributed by atoms with Crippen molar-refractivity contribution >= 4 is 75.4 Å². The summed E-state index contributed by atoms with van der Waals surface area (Å²) < 4.78 is 0. The zero-order chi connectivity index (χ0) is 34.1. The van der Waals surface area contributed by atoms with Crippen LogP contribution in [0.2, 0.25) is 0 Å². The molecule has 0 saturated heterocycles. The van der Waals surface area contributed by atoms with E-state index in [2.05, 4.69) is 175 Å². The van der Waals surface area contributed by atoms with E-state index in [-0.39, 0.29) is 10.8 Å². The van der Waals surface area contributed by atoms with Gasteiger partial charge in [0.05, 0.1) is 0 Å². The molecule has 0 heteroatoms. The SMILES string of the molecule is CC(C)(C)c1cc2ccc3ccc(-c4ccc(-c5ccc6ccc7cc(C(C)(C)C)cc8ccc5c6c78)c5ccccc45)c4ccc(c1)c2c34. The summed E-state index contributed by atoms with van der Waals surface area (Å²) in [6.07, 6.45) is 0. The minimum absolute atomic E-state index is 0.0980. The Hall–Kier alpha value is -5.46. The third-order valence-corrected chi connectivity index (χ3v) is 11.4. The number of hydrogen-bond donors (Lipinski definition) is 0. The van der Waals surface area contributed by atoms with E-state index in [4.69, 9.17) is 0 Å². The Labute approximate surface area is 293 Å². The maximum absolute atomic E-state index is 2.40. The number of rotatable bonds is 2. The van der Waals surface area contributed by atoms with Gasteiger partial charge in [-0.05, 0) is 120 Å². The van der Waals surface area contributed by atoms with E-state index in [1.165, 1.54) is 109 Å². The third-order valence-electron chi connectivity index (χ3n) is 11.4. The fourth-order valence-electron chi connectivity index (χ4n) is 8.74. The summed E-state index contributed by atoms with van der Waals surface area (Å²) in [5.74, 6) is 0. The average Bonchev–Trinajstić information content (AvgIpc) is 3.11. The molecule has 0 saturated carbocycles. The second-order valence-corrected chi connectivity index (χ2v) is 16.6. The van der Waals surface area contributed by atoms with Crippen molar-refractivity contribution in [2.45, 2.75) is 52.4 Å². The molecule has 0 amide bonds. The third kappa shape index (κ3) is 4.18. The minimum atomic E-state index is 0.0980. The predicted molar refractivity (Wildman–Crippen MR) is 220 cm³/mol. The van der Waals surface area contributed by atoms with Gasteiger partial charge in [0.25, 0.3) is 0 Å². The van der Waals surface area contributed by atoms with E-state index < -0.39 is 0 Å². The van der Waals surface area contributed by atoms with Gasteiger partial charge in [-0.2, -0.15) is 0 Å². The summed E-state index contributed by atoms with van der Waals surface area (Å²) >= 11 is 0. The van der Waals surface area contributed by atoms with Gasteiger partial charge in [-0.15, -0.1) is 0 Å². The topological polar surface area (TPSA) is 0 Å². The van der Waals surface area contributed by atoms with Gasteiger partial charge in [-0.25, -0.2) is 0 Å². The molecular formula is C50H40. The Morgan fingerprint density at radius 3 is 0.960 bits per heavy atom. The number of benzene rings is 10. The van der Waals surface area contributed by atoms with Crippen molar-refractivity contribution in [2.24, 2.45) is 0 Å². The molecule has 0 bridgehead atoms. The standard InChI is InChI=1S/C50H40/c1-49(2,3)35-25-31-13-11-29-15-19-41(43-21-17-33(27-35)45(31)47(29)43)39-23-24-40(38-10-8-7-9-37(38)39)42-20-16-30-12-14-32-26-36(50(4,5)6)28-34-18-22-44(42)48(30)46(32)34/h7-28H,1-6H3. The van der Waals surface area contributed by atoms with Crippen molar-refractivity contribution in [3.63, 3.8) is 0 Å². The zero-order valence-electron chi connectivity index (χ0n) is 29.7. The smallest absolute Gasteiger partial charge is 0.00206 e. The van der Waals surface area contributed by atoms with Crippen LogP contribution in [0.25, 0.3) is 97.7 Å². The highest BCUT2D eigenvalue weighted by Gasteiger charge is 2.21. The van der Waals surface area contributed by atoms with Crippen LogP contribution < -0.4 is 0 Å². The van der Waals surface area contributed by atoms with Crippen LogP contribution in [-0.2, 0) is 10.8 Å². The van der Waals surface area contributed by atoms with Crippen molar-refractivity contribution in [1.82, 2.24) is 0 Å². The molecule has 10 aromatic rings. The molecule has 50 heavy (non-hydrogen) atoms. The molecular weight excluding hydrogens is 601 g/mol. The summed E-state index contributed by atoms with van der Waals surface area (Å²) in [6.45, 7) is 13.8. The molecule has 0 radical (unpaired) electrons. The quantitative estimate of drug-likeness (QED) is 0.165. The van der Waals surface area contributed by atoms with Gasteiger partial charge in [0.2, 0.25) is 0 Å². The predicted octanol–water partition coefficient (Wildman–Crippen LogP) is 14.6. The maximum Gasteiger partial charge on any atom is -0.00206 e. The van der Waals surface area contributed by atoms with E-state index in [1.54, 1.807) is 0 Å². The summed E-state index contributed by atoms with van der Waals surface area (Å²) in [4.78, 5) is 0. The molecule has 0 aliphatic carbocycles.